The van der Waals surface area contributed by atoms with E-state index in [0.29, 0.717) is 17.9 Å². The Morgan fingerprint density at radius 2 is 1.61 bits per heavy atom. The summed E-state index contributed by atoms with van der Waals surface area (Å²) < 4.78 is 0. The van der Waals surface area contributed by atoms with Crippen molar-refractivity contribution in [1.82, 2.24) is 10.6 Å². The van der Waals surface area contributed by atoms with Gasteiger partial charge in [0.2, 0.25) is 11.8 Å². The van der Waals surface area contributed by atoms with Crippen molar-refractivity contribution in [2.45, 2.75) is 52.5 Å². The molecule has 0 aromatic heterocycles. The predicted octanol–water partition coefficient (Wildman–Crippen LogP) is 1.45. The molecule has 0 bridgehead atoms. The van der Waals surface area contributed by atoms with Crippen LogP contribution in [0, 0.1) is 17.3 Å². The molecule has 2 fully saturated rings. The van der Waals surface area contributed by atoms with Crippen molar-refractivity contribution in [1.29, 1.82) is 0 Å². The molecule has 0 aromatic carbocycles. The molecule has 0 spiro atoms. The zero-order chi connectivity index (χ0) is 13.3. The highest BCUT2D eigenvalue weighted by atomic mass is 16.2. The summed E-state index contributed by atoms with van der Waals surface area (Å²) in [4.78, 5) is 23.5. The van der Waals surface area contributed by atoms with Gasteiger partial charge in [0, 0.05) is 11.5 Å². The summed E-state index contributed by atoms with van der Waals surface area (Å²) in [5.41, 5.74) is -0.438. The van der Waals surface area contributed by atoms with Crippen LogP contribution in [0.3, 0.4) is 0 Å². The second-order valence-corrected chi connectivity index (χ2v) is 6.70. The quantitative estimate of drug-likeness (QED) is 0.778. The van der Waals surface area contributed by atoms with Crippen molar-refractivity contribution < 1.29 is 9.59 Å². The lowest BCUT2D eigenvalue weighted by Crippen LogP contribution is -2.46. The molecule has 2 N–H and O–H groups in total. The fraction of sp³-hybridized carbons (Fsp3) is 0.857. The molecular formula is C14H24N2O2. The van der Waals surface area contributed by atoms with E-state index in [9.17, 15) is 9.59 Å². The van der Waals surface area contributed by atoms with Crippen LogP contribution in [0.4, 0.5) is 0 Å². The topological polar surface area (TPSA) is 58.2 Å². The average Bonchev–Trinajstić information content (AvgIpc) is 3.14. The maximum Gasteiger partial charge on any atom is 0.239 e. The third kappa shape index (κ3) is 3.72. The van der Waals surface area contributed by atoms with Crippen molar-refractivity contribution in [2.75, 3.05) is 6.54 Å². The Bertz CT molecular complexity index is 326. The smallest absolute Gasteiger partial charge is 0.239 e. The zero-order valence-corrected chi connectivity index (χ0v) is 11.6. The van der Waals surface area contributed by atoms with Gasteiger partial charge in [-0.3, -0.25) is 9.59 Å². The molecule has 2 amide bonds. The Kier molecular flexibility index (Phi) is 3.64. The lowest BCUT2D eigenvalue weighted by atomic mass is 9.96. The highest BCUT2D eigenvalue weighted by Crippen LogP contribution is 2.44. The van der Waals surface area contributed by atoms with Gasteiger partial charge in [0.05, 0.1) is 6.54 Å². The summed E-state index contributed by atoms with van der Waals surface area (Å²) in [5.74, 6) is 1.27. The number of rotatable bonds is 5. The zero-order valence-electron chi connectivity index (χ0n) is 11.6. The monoisotopic (exact) mass is 252 g/mol. The number of carbonyl (C=O) groups excluding carboxylic acids is 2. The van der Waals surface area contributed by atoms with E-state index in [0.717, 1.165) is 0 Å². The lowest BCUT2D eigenvalue weighted by Gasteiger charge is -2.20. The highest BCUT2D eigenvalue weighted by molar-refractivity contribution is 5.87. The van der Waals surface area contributed by atoms with Gasteiger partial charge in [0.1, 0.15) is 0 Å². The Balaban J connectivity index is 1.72. The molecule has 18 heavy (non-hydrogen) atoms. The predicted molar refractivity (Wildman–Crippen MR) is 69.8 cm³/mol. The molecule has 0 heterocycles. The second-order valence-electron chi connectivity index (χ2n) is 6.70. The van der Waals surface area contributed by atoms with Crippen LogP contribution in [0.1, 0.15) is 46.5 Å². The molecule has 0 radical (unpaired) electrons. The Morgan fingerprint density at radius 3 is 2.00 bits per heavy atom. The third-order valence-corrected chi connectivity index (χ3v) is 3.68. The number of hydrogen-bond donors (Lipinski definition) is 2. The van der Waals surface area contributed by atoms with Gasteiger partial charge in [0.25, 0.3) is 0 Å². The fourth-order valence-corrected chi connectivity index (χ4v) is 2.19. The molecule has 0 atom stereocenters. The molecule has 4 heteroatoms. The van der Waals surface area contributed by atoms with E-state index in [1.807, 2.05) is 20.8 Å². The van der Waals surface area contributed by atoms with Crippen molar-refractivity contribution in [3.63, 3.8) is 0 Å². The van der Waals surface area contributed by atoms with Crippen molar-refractivity contribution >= 4 is 11.8 Å². The molecular weight excluding hydrogens is 228 g/mol. The summed E-state index contributed by atoms with van der Waals surface area (Å²) in [6.45, 7) is 5.64. The first-order chi connectivity index (χ1) is 8.38. The second kappa shape index (κ2) is 4.90. The van der Waals surface area contributed by atoms with E-state index >= 15 is 0 Å². The molecule has 0 aromatic rings. The number of nitrogens with one attached hydrogen (secondary N) is 2. The van der Waals surface area contributed by atoms with Gasteiger partial charge in [-0.25, -0.2) is 0 Å². The lowest BCUT2D eigenvalue weighted by molar-refractivity contribution is -0.131. The van der Waals surface area contributed by atoms with E-state index in [2.05, 4.69) is 10.6 Å². The van der Waals surface area contributed by atoms with Crippen LogP contribution < -0.4 is 10.6 Å². The molecule has 4 nitrogen and oxygen atoms in total. The van der Waals surface area contributed by atoms with Crippen LogP contribution in [-0.4, -0.2) is 24.4 Å². The summed E-state index contributed by atoms with van der Waals surface area (Å²) in [7, 11) is 0. The molecule has 2 saturated carbocycles. The first-order valence-corrected chi connectivity index (χ1v) is 6.95. The minimum atomic E-state index is -0.438. The van der Waals surface area contributed by atoms with Gasteiger partial charge in [-0.2, -0.15) is 0 Å². The van der Waals surface area contributed by atoms with Crippen LogP contribution >= 0.6 is 0 Å². The molecule has 2 rings (SSSR count). The van der Waals surface area contributed by atoms with Crippen LogP contribution in [0.25, 0.3) is 0 Å². The van der Waals surface area contributed by atoms with Crippen LogP contribution in [0.2, 0.25) is 0 Å². The maximum atomic E-state index is 11.8. The van der Waals surface area contributed by atoms with Gasteiger partial charge in [-0.05, 0) is 37.5 Å². The van der Waals surface area contributed by atoms with Gasteiger partial charge in [-0.15, -0.1) is 0 Å². The molecule has 102 valence electrons. The summed E-state index contributed by atoms with van der Waals surface area (Å²) in [5, 5.41) is 5.79. The Morgan fingerprint density at radius 1 is 1.11 bits per heavy atom. The minimum absolute atomic E-state index is 0.0450. The third-order valence-electron chi connectivity index (χ3n) is 3.68. The fourth-order valence-electron chi connectivity index (χ4n) is 2.19. The van der Waals surface area contributed by atoms with Crippen molar-refractivity contribution in [2.24, 2.45) is 17.3 Å². The summed E-state index contributed by atoms with van der Waals surface area (Å²) in [6.07, 6.45) is 4.98. The first-order valence-electron chi connectivity index (χ1n) is 6.95. The van der Waals surface area contributed by atoms with Crippen LogP contribution in [0.5, 0.6) is 0 Å². The van der Waals surface area contributed by atoms with E-state index < -0.39 is 5.41 Å². The van der Waals surface area contributed by atoms with Gasteiger partial charge in [-0.1, -0.05) is 20.8 Å². The number of amides is 2. The van der Waals surface area contributed by atoms with Crippen LogP contribution in [0.15, 0.2) is 0 Å². The SMILES string of the molecule is CC(C)(C)C(=O)NCC(=O)NC(C1CC1)C1CC1. The Hall–Kier alpha value is -1.06. The molecule has 0 saturated heterocycles. The normalized spacial score (nSPS) is 19.8. The van der Waals surface area contributed by atoms with Gasteiger partial charge in [0.15, 0.2) is 0 Å². The van der Waals surface area contributed by atoms with E-state index in [1.165, 1.54) is 25.7 Å². The highest BCUT2D eigenvalue weighted by Gasteiger charge is 2.42. The summed E-state index contributed by atoms with van der Waals surface area (Å²) in [6, 6.07) is 0.365. The minimum Gasteiger partial charge on any atom is -0.351 e. The molecule has 0 aliphatic heterocycles. The van der Waals surface area contributed by atoms with Crippen molar-refractivity contribution in [3.8, 4) is 0 Å². The number of hydrogen-bond acceptors (Lipinski definition) is 2. The van der Waals surface area contributed by atoms with Crippen LogP contribution in [-0.2, 0) is 9.59 Å². The van der Waals surface area contributed by atoms with E-state index in [-0.39, 0.29) is 18.4 Å². The molecule has 2 aliphatic carbocycles. The molecule has 0 unspecified atom stereocenters. The molecule has 2 aliphatic rings. The number of carbonyl (C=O) groups is 2. The average molecular weight is 252 g/mol. The van der Waals surface area contributed by atoms with Gasteiger partial charge < -0.3 is 10.6 Å². The summed E-state index contributed by atoms with van der Waals surface area (Å²) >= 11 is 0. The van der Waals surface area contributed by atoms with Crippen molar-refractivity contribution in [3.05, 3.63) is 0 Å². The first kappa shape index (κ1) is 13.4. The van der Waals surface area contributed by atoms with E-state index in [4.69, 9.17) is 0 Å². The van der Waals surface area contributed by atoms with Gasteiger partial charge >= 0.3 is 0 Å². The van der Waals surface area contributed by atoms with E-state index in [1.54, 1.807) is 0 Å². The Labute approximate surface area is 109 Å². The largest absolute Gasteiger partial charge is 0.351 e. The maximum absolute atomic E-state index is 11.8. The standard InChI is InChI=1S/C14H24N2O2/c1-14(2,3)13(18)15-8-11(17)16-12(9-4-5-9)10-6-7-10/h9-10,12H,4-8H2,1-3H3,(H,15,18)(H,16,17).